The lowest BCUT2D eigenvalue weighted by Gasteiger charge is -2.18. The van der Waals surface area contributed by atoms with Crippen molar-refractivity contribution in [2.45, 2.75) is 25.7 Å². The van der Waals surface area contributed by atoms with E-state index in [4.69, 9.17) is 11.6 Å². The summed E-state index contributed by atoms with van der Waals surface area (Å²) in [6.45, 7) is 0. The van der Waals surface area contributed by atoms with Crippen LogP contribution < -0.4 is 4.90 Å². The number of aromatic hydroxyl groups is 1. The molecule has 204 valence electrons. The van der Waals surface area contributed by atoms with Gasteiger partial charge < -0.3 is 5.11 Å². The summed E-state index contributed by atoms with van der Waals surface area (Å²) in [6.07, 6.45) is 5.22. The number of imide groups is 1. The minimum Gasteiger partial charge on any atom is -0.501 e. The van der Waals surface area contributed by atoms with Gasteiger partial charge in [-0.1, -0.05) is 72.3 Å². The van der Waals surface area contributed by atoms with Crippen molar-refractivity contribution in [2.24, 2.45) is 0 Å². The van der Waals surface area contributed by atoms with Gasteiger partial charge in [0.15, 0.2) is 11.5 Å². The van der Waals surface area contributed by atoms with Crippen molar-refractivity contribution in [2.75, 3.05) is 4.90 Å². The first-order chi connectivity index (χ1) is 19.8. The molecular formula is C32H22ClFN2O5. The quantitative estimate of drug-likeness (QED) is 0.101. The summed E-state index contributed by atoms with van der Waals surface area (Å²) in [4.78, 5) is 35.0. The van der Waals surface area contributed by atoms with E-state index in [0.29, 0.717) is 11.0 Å². The molecule has 0 saturated heterocycles. The SMILES string of the molecule is O=C1c2ccccc2C(=O)N1c1c(F)cc(Cl)c(O)c1[N+](=O)[O-].c1ccc2c(c1)ccc1c3c(ccc12)CCCC3. The molecule has 2 amide bonds. The lowest BCUT2D eigenvalue weighted by molar-refractivity contribution is -0.385. The number of carbonyl (C=O) groups excluding carboxylic acids is 2. The number of carbonyl (C=O) groups is 2. The molecule has 1 aliphatic heterocycles. The number of amides is 2. The molecule has 5 aromatic carbocycles. The van der Waals surface area contributed by atoms with Crippen LogP contribution in [0.4, 0.5) is 15.8 Å². The number of phenolic OH excluding ortho intramolecular Hbond substituents is 1. The highest BCUT2D eigenvalue weighted by Gasteiger charge is 2.43. The van der Waals surface area contributed by atoms with E-state index >= 15 is 0 Å². The Morgan fingerprint density at radius 2 is 1.46 bits per heavy atom. The zero-order chi connectivity index (χ0) is 28.8. The van der Waals surface area contributed by atoms with Gasteiger partial charge in [0.1, 0.15) is 0 Å². The smallest absolute Gasteiger partial charge is 0.339 e. The molecule has 1 aliphatic carbocycles. The van der Waals surface area contributed by atoms with E-state index in [9.17, 15) is 29.2 Å². The average molecular weight is 569 g/mol. The van der Waals surface area contributed by atoms with Crippen molar-refractivity contribution in [1.82, 2.24) is 0 Å². The number of hydrogen-bond donors (Lipinski definition) is 1. The number of halogens is 2. The molecule has 0 unspecified atom stereocenters. The molecule has 7 rings (SSSR count). The van der Waals surface area contributed by atoms with E-state index in [2.05, 4.69) is 48.5 Å². The predicted molar refractivity (Wildman–Crippen MR) is 155 cm³/mol. The number of benzene rings is 5. The van der Waals surface area contributed by atoms with E-state index in [-0.39, 0.29) is 11.1 Å². The van der Waals surface area contributed by atoms with Gasteiger partial charge in [-0.25, -0.2) is 9.29 Å². The number of phenols is 1. The molecule has 0 spiro atoms. The molecule has 9 heteroatoms. The largest absolute Gasteiger partial charge is 0.501 e. The van der Waals surface area contributed by atoms with Gasteiger partial charge in [-0.3, -0.25) is 19.7 Å². The van der Waals surface area contributed by atoms with E-state index in [1.165, 1.54) is 71.5 Å². The van der Waals surface area contributed by atoms with Crippen LogP contribution in [0.5, 0.6) is 5.75 Å². The molecule has 41 heavy (non-hydrogen) atoms. The Labute approximate surface area is 238 Å². The van der Waals surface area contributed by atoms with Crippen LogP contribution in [0, 0.1) is 15.9 Å². The number of hydrogen-bond acceptors (Lipinski definition) is 5. The number of anilines is 1. The van der Waals surface area contributed by atoms with E-state index in [1.807, 2.05) is 0 Å². The van der Waals surface area contributed by atoms with Gasteiger partial charge in [0, 0.05) is 0 Å². The van der Waals surface area contributed by atoms with E-state index in [1.54, 1.807) is 11.1 Å². The van der Waals surface area contributed by atoms with Crippen molar-refractivity contribution in [3.63, 3.8) is 0 Å². The van der Waals surface area contributed by atoms with Gasteiger partial charge in [0.2, 0.25) is 5.75 Å². The Morgan fingerprint density at radius 1 is 0.829 bits per heavy atom. The molecule has 1 N–H and O–H groups in total. The van der Waals surface area contributed by atoms with Crippen molar-refractivity contribution >= 4 is 56.3 Å². The normalized spacial score (nSPS) is 14.0. The van der Waals surface area contributed by atoms with Gasteiger partial charge in [0.05, 0.1) is 21.1 Å². The minimum absolute atomic E-state index is 0.0133. The van der Waals surface area contributed by atoms with Gasteiger partial charge in [-0.15, -0.1) is 0 Å². The monoisotopic (exact) mass is 568 g/mol. The molecule has 2 aliphatic rings. The molecule has 0 aromatic heterocycles. The summed E-state index contributed by atoms with van der Waals surface area (Å²) in [5.41, 5.74) is 1.06. The van der Waals surface area contributed by atoms with Gasteiger partial charge in [-0.2, -0.15) is 0 Å². The highest BCUT2D eigenvalue weighted by atomic mass is 35.5. The van der Waals surface area contributed by atoms with Crippen LogP contribution in [-0.2, 0) is 12.8 Å². The molecule has 0 fully saturated rings. The summed E-state index contributed by atoms with van der Waals surface area (Å²) in [7, 11) is 0. The lowest BCUT2D eigenvalue weighted by atomic mass is 9.86. The molecule has 0 bridgehead atoms. The summed E-state index contributed by atoms with van der Waals surface area (Å²) in [5.74, 6) is -4.14. The number of aryl methyl sites for hydroxylation is 2. The molecular weight excluding hydrogens is 547 g/mol. The first-order valence-electron chi connectivity index (χ1n) is 13.0. The zero-order valence-electron chi connectivity index (χ0n) is 21.6. The Bertz CT molecular complexity index is 1890. The molecule has 0 atom stereocenters. The van der Waals surface area contributed by atoms with Gasteiger partial charge in [-0.05, 0) is 76.6 Å². The van der Waals surface area contributed by atoms with Crippen molar-refractivity contribution < 1.29 is 24.0 Å². The average Bonchev–Trinajstić information content (AvgIpc) is 3.23. The van der Waals surface area contributed by atoms with Crippen LogP contribution in [0.25, 0.3) is 21.5 Å². The van der Waals surface area contributed by atoms with E-state index in [0.717, 1.165) is 0 Å². The first-order valence-corrected chi connectivity index (χ1v) is 13.4. The van der Waals surface area contributed by atoms with Crippen molar-refractivity contribution in [3.8, 4) is 5.75 Å². The number of fused-ring (bicyclic) bond motifs is 6. The predicted octanol–water partition coefficient (Wildman–Crippen LogP) is 7.77. The second kappa shape index (κ2) is 10.3. The third kappa shape index (κ3) is 4.37. The number of nitrogens with zero attached hydrogens (tertiary/aromatic N) is 2. The molecule has 7 nitrogen and oxygen atoms in total. The van der Waals surface area contributed by atoms with Gasteiger partial charge in [0.25, 0.3) is 11.8 Å². The molecule has 0 saturated carbocycles. The maximum Gasteiger partial charge on any atom is 0.339 e. The van der Waals surface area contributed by atoms with Gasteiger partial charge >= 0.3 is 5.69 Å². The van der Waals surface area contributed by atoms with Crippen molar-refractivity contribution in [1.29, 1.82) is 0 Å². The van der Waals surface area contributed by atoms with Crippen molar-refractivity contribution in [3.05, 3.63) is 122 Å². The third-order valence-electron chi connectivity index (χ3n) is 7.61. The fraction of sp³-hybridized carbons (Fsp3) is 0.125. The Hall–Kier alpha value is -4.82. The summed E-state index contributed by atoms with van der Waals surface area (Å²) in [5, 5.41) is 25.9. The van der Waals surface area contributed by atoms with E-state index < -0.39 is 44.7 Å². The van der Waals surface area contributed by atoms with Crippen LogP contribution in [0.1, 0.15) is 44.7 Å². The standard InChI is InChI=1S/C18H16.C14H6ClFN2O5/c1-3-7-15-13(5-1)9-11-18-16-8-4-2-6-14(16)10-12-17(15)18;15-8-5-9(16)10(11(12(8)19)18(22)23)17-13(20)6-3-1-2-4-7(6)14(17)21/h1,3,5,7,9-12H,2,4,6,8H2;1-5,19H. The lowest BCUT2D eigenvalue weighted by Crippen LogP contribution is -2.31. The number of nitro benzene ring substituents is 1. The fourth-order valence-corrected chi connectivity index (χ4v) is 5.89. The fourth-order valence-electron chi connectivity index (χ4n) is 5.71. The number of nitro groups is 1. The maximum absolute atomic E-state index is 14.2. The van der Waals surface area contributed by atoms with Crippen LogP contribution >= 0.6 is 11.6 Å². The van der Waals surface area contributed by atoms with Crippen LogP contribution in [0.15, 0.2) is 78.9 Å². The second-order valence-electron chi connectivity index (χ2n) is 9.93. The molecule has 1 heterocycles. The number of rotatable bonds is 2. The summed E-state index contributed by atoms with van der Waals surface area (Å²) in [6, 6.07) is 24.2. The van der Waals surface area contributed by atoms with Crippen LogP contribution in [0.3, 0.4) is 0 Å². The highest BCUT2D eigenvalue weighted by Crippen LogP contribution is 2.45. The third-order valence-corrected chi connectivity index (χ3v) is 7.90. The summed E-state index contributed by atoms with van der Waals surface area (Å²) < 4.78 is 14.2. The maximum atomic E-state index is 14.2. The Kier molecular flexibility index (Phi) is 6.63. The highest BCUT2D eigenvalue weighted by molar-refractivity contribution is 6.36. The minimum atomic E-state index is -1.27. The topological polar surface area (TPSA) is 101 Å². The van der Waals surface area contributed by atoms with Crippen LogP contribution in [-0.4, -0.2) is 21.8 Å². The first kappa shape index (κ1) is 26.4. The van der Waals surface area contributed by atoms with Crippen LogP contribution in [0.2, 0.25) is 5.02 Å². The zero-order valence-corrected chi connectivity index (χ0v) is 22.3. The summed E-state index contributed by atoms with van der Waals surface area (Å²) >= 11 is 5.52. The Balaban J connectivity index is 0.000000151. The Morgan fingerprint density at radius 3 is 2.17 bits per heavy atom. The second-order valence-corrected chi connectivity index (χ2v) is 10.3. The molecule has 5 aromatic rings. The molecule has 0 radical (unpaired) electrons.